The number of methoxy groups -OCH3 is 1. The number of aromatic hydroxyl groups is 1. The van der Waals surface area contributed by atoms with Crippen LogP contribution in [0.5, 0.6) is 11.5 Å². The Hall–Kier alpha value is -3.18. The molecule has 4 rings (SSSR count). The minimum atomic E-state index is -1.45. The summed E-state index contributed by atoms with van der Waals surface area (Å²) in [5.41, 5.74) is 0.651. The first-order valence-corrected chi connectivity index (χ1v) is 9.43. The highest BCUT2D eigenvalue weighted by Gasteiger charge is 2.45. The molecule has 10 nitrogen and oxygen atoms in total. The van der Waals surface area contributed by atoms with Crippen molar-refractivity contribution in [2.75, 3.05) is 13.7 Å². The van der Waals surface area contributed by atoms with Crippen LogP contribution in [0.15, 0.2) is 59.3 Å². The summed E-state index contributed by atoms with van der Waals surface area (Å²) in [6.07, 6.45) is -2.09. The van der Waals surface area contributed by atoms with Gasteiger partial charge in [-0.15, -0.1) is 0 Å². The van der Waals surface area contributed by atoms with E-state index >= 15 is 0 Å². The van der Waals surface area contributed by atoms with Gasteiger partial charge in [-0.05, 0) is 24.3 Å². The van der Waals surface area contributed by atoms with Crippen LogP contribution < -0.4 is 4.74 Å². The van der Waals surface area contributed by atoms with E-state index in [9.17, 15) is 30.6 Å². The van der Waals surface area contributed by atoms with Crippen LogP contribution in [-0.2, 0) is 14.2 Å². The zero-order valence-corrected chi connectivity index (χ0v) is 16.4. The summed E-state index contributed by atoms with van der Waals surface area (Å²) in [6.45, 7) is -0.524. The minimum Gasteiger partial charge on any atom is -0.508 e. The van der Waals surface area contributed by atoms with E-state index < -0.39 is 37.3 Å². The first-order chi connectivity index (χ1) is 14.8. The van der Waals surface area contributed by atoms with Gasteiger partial charge in [0, 0.05) is 23.3 Å². The van der Waals surface area contributed by atoms with Crippen molar-refractivity contribution < 1.29 is 49.6 Å². The average Bonchev–Trinajstić information content (AvgIpc) is 3.01. The van der Waals surface area contributed by atoms with E-state index in [1.54, 1.807) is 6.07 Å². The Bertz CT molecular complexity index is 992. The summed E-state index contributed by atoms with van der Waals surface area (Å²) in [5.74, 6) is -0.224. The fourth-order valence-electron chi connectivity index (χ4n) is 3.52. The number of rotatable bonds is 5. The molecule has 31 heavy (non-hydrogen) atoms. The first-order valence-electron chi connectivity index (χ1n) is 9.43. The summed E-state index contributed by atoms with van der Waals surface area (Å²) < 4.78 is 22.1. The molecule has 1 fully saturated rings. The molecule has 0 radical (unpaired) electrons. The van der Waals surface area contributed by atoms with Crippen molar-refractivity contribution >= 4 is 5.76 Å². The molecule has 10 heteroatoms. The molecule has 0 saturated carbocycles. The van der Waals surface area contributed by atoms with Crippen molar-refractivity contribution in [3.63, 3.8) is 0 Å². The number of ether oxygens (including phenoxy) is 4. The molecule has 6 N–H and O–H groups in total. The molecule has 5 atom stereocenters. The van der Waals surface area contributed by atoms with Crippen LogP contribution in [0.25, 0.3) is 5.76 Å². The standard InChI is InChI=1S/C21H22O10/c1-28-14-3-2-9(4-13(14)25)20-16(30-21-19(27)18(26)17(8-22)31-21)7-11-12(24)5-10(23)6-15(11)29-20/h2-7,15,17-19,21-27H,8H2,1H3. The fourth-order valence-corrected chi connectivity index (χ4v) is 3.52. The lowest BCUT2D eigenvalue weighted by Crippen LogP contribution is -2.34. The molecule has 5 unspecified atom stereocenters. The predicted molar refractivity (Wildman–Crippen MR) is 105 cm³/mol. The zero-order chi connectivity index (χ0) is 22.3. The molecule has 0 bridgehead atoms. The van der Waals surface area contributed by atoms with Crippen molar-refractivity contribution in [2.45, 2.75) is 30.7 Å². The van der Waals surface area contributed by atoms with Crippen LogP contribution in [0.1, 0.15) is 5.56 Å². The molecule has 1 aliphatic carbocycles. The van der Waals surface area contributed by atoms with Gasteiger partial charge in [0.25, 0.3) is 0 Å². The number of hydrogen-bond acceptors (Lipinski definition) is 10. The number of aliphatic hydroxyl groups excluding tert-OH is 5. The topological polar surface area (TPSA) is 158 Å². The summed E-state index contributed by atoms with van der Waals surface area (Å²) in [4.78, 5) is 0. The molecule has 3 aliphatic rings. The molecule has 2 aliphatic heterocycles. The number of aliphatic hydroxyl groups is 5. The number of hydrogen-bond donors (Lipinski definition) is 6. The van der Waals surface area contributed by atoms with Gasteiger partial charge >= 0.3 is 0 Å². The van der Waals surface area contributed by atoms with Gasteiger partial charge in [-0.3, -0.25) is 0 Å². The lowest BCUT2D eigenvalue weighted by atomic mass is 9.97. The van der Waals surface area contributed by atoms with E-state index in [1.165, 1.54) is 31.4 Å². The normalized spacial score (nSPS) is 30.1. The number of phenolic OH excluding ortho intramolecular Hbond substituents is 1. The van der Waals surface area contributed by atoms with Crippen LogP contribution in [0.3, 0.4) is 0 Å². The monoisotopic (exact) mass is 434 g/mol. The Labute approximate surface area is 176 Å². The van der Waals surface area contributed by atoms with Gasteiger partial charge in [-0.25, -0.2) is 0 Å². The number of allylic oxidation sites excluding steroid dienone is 2. The van der Waals surface area contributed by atoms with Crippen molar-refractivity contribution in [3.05, 3.63) is 64.8 Å². The highest BCUT2D eigenvalue weighted by Crippen LogP contribution is 2.39. The third-order valence-electron chi connectivity index (χ3n) is 5.15. The maximum Gasteiger partial charge on any atom is 0.229 e. The molecule has 1 saturated heterocycles. The summed E-state index contributed by atoms with van der Waals surface area (Å²) in [6, 6.07) is 4.47. The second-order valence-corrected chi connectivity index (χ2v) is 7.16. The summed E-state index contributed by atoms with van der Waals surface area (Å²) in [5, 5.41) is 59.7. The van der Waals surface area contributed by atoms with Crippen LogP contribution in [0.4, 0.5) is 0 Å². The third kappa shape index (κ3) is 3.81. The van der Waals surface area contributed by atoms with Gasteiger partial charge in [0.1, 0.15) is 35.9 Å². The minimum absolute atomic E-state index is 0.0281. The van der Waals surface area contributed by atoms with Gasteiger partial charge in [0.2, 0.25) is 6.29 Å². The molecule has 1 aromatic carbocycles. The smallest absolute Gasteiger partial charge is 0.229 e. The Kier molecular flexibility index (Phi) is 5.54. The maximum atomic E-state index is 10.2. The molecule has 1 aromatic rings. The molecule has 0 amide bonds. The van der Waals surface area contributed by atoms with Crippen molar-refractivity contribution in [1.29, 1.82) is 0 Å². The Morgan fingerprint density at radius 3 is 2.48 bits per heavy atom. The Morgan fingerprint density at radius 2 is 1.84 bits per heavy atom. The van der Waals surface area contributed by atoms with E-state index in [2.05, 4.69) is 0 Å². The zero-order valence-electron chi connectivity index (χ0n) is 16.4. The van der Waals surface area contributed by atoms with Crippen LogP contribution in [0, 0.1) is 0 Å². The second-order valence-electron chi connectivity index (χ2n) is 7.16. The maximum absolute atomic E-state index is 10.2. The number of phenols is 1. The highest BCUT2D eigenvalue weighted by molar-refractivity contribution is 5.70. The summed E-state index contributed by atoms with van der Waals surface area (Å²) in [7, 11) is 1.40. The summed E-state index contributed by atoms with van der Waals surface area (Å²) >= 11 is 0. The Morgan fingerprint density at radius 1 is 1.06 bits per heavy atom. The van der Waals surface area contributed by atoms with Crippen molar-refractivity contribution in [2.24, 2.45) is 0 Å². The third-order valence-corrected chi connectivity index (χ3v) is 5.15. The van der Waals surface area contributed by atoms with Crippen molar-refractivity contribution in [1.82, 2.24) is 0 Å². The fraction of sp³-hybridized carbons (Fsp3) is 0.333. The van der Waals surface area contributed by atoms with E-state index in [0.717, 1.165) is 6.08 Å². The largest absolute Gasteiger partial charge is 0.508 e. The Balaban J connectivity index is 1.75. The van der Waals surface area contributed by atoms with E-state index in [-0.39, 0.29) is 40.1 Å². The second kappa shape index (κ2) is 8.16. The van der Waals surface area contributed by atoms with Gasteiger partial charge < -0.3 is 49.6 Å². The van der Waals surface area contributed by atoms with Crippen molar-refractivity contribution in [3.8, 4) is 11.5 Å². The van der Waals surface area contributed by atoms with E-state index in [4.69, 9.17) is 18.9 Å². The van der Waals surface area contributed by atoms with E-state index in [1.807, 2.05) is 0 Å². The van der Waals surface area contributed by atoms with Crippen LogP contribution in [0.2, 0.25) is 0 Å². The number of fused-ring (bicyclic) bond motifs is 1. The quantitative estimate of drug-likeness (QED) is 0.390. The molecule has 0 spiro atoms. The van der Waals surface area contributed by atoms with Gasteiger partial charge in [-0.1, -0.05) is 0 Å². The first kappa shape index (κ1) is 21.1. The molecular weight excluding hydrogens is 412 g/mol. The highest BCUT2D eigenvalue weighted by atomic mass is 16.7. The molecule has 166 valence electrons. The molecular formula is C21H22O10. The molecule has 2 heterocycles. The van der Waals surface area contributed by atoms with Crippen LogP contribution >= 0.6 is 0 Å². The predicted octanol–water partition coefficient (Wildman–Crippen LogP) is 0.748. The SMILES string of the molecule is COc1ccc(C2=C(OC3OC(CO)C(O)C3O)C=C3C(O)=CC(O)=CC3O2)cc1O. The number of benzene rings is 1. The van der Waals surface area contributed by atoms with Gasteiger partial charge in [0.05, 0.1) is 13.7 Å². The van der Waals surface area contributed by atoms with E-state index in [0.29, 0.717) is 5.56 Å². The van der Waals surface area contributed by atoms with Gasteiger partial charge in [-0.2, -0.15) is 0 Å². The lowest BCUT2D eigenvalue weighted by Gasteiger charge is -2.30. The molecule has 0 aromatic heterocycles. The average molecular weight is 434 g/mol. The van der Waals surface area contributed by atoms with Gasteiger partial charge in [0.15, 0.2) is 23.0 Å². The van der Waals surface area contributed by atoms with Crippen LogP contribution in [-0.4, -0.2) is 75.1 Å². The lowest BCUT2D eigenvalue weighted by molar-refractivity contribution is -0.145.